The molecule has 1 saturated heterocycles. The van der Waals surface area contributed by atoms with E-state index in [1.165, 1.54) is 9.75 Å². The summed E-state index contributed by atoms with van der Waals surface area (Å²) in [5.74, 6) is 0. The summed E-state index contributed by atoms with van der Waals surface area (Å²) in [5, 5.41) is 3.07. The standard InChI is InChI=1S/C15H24N2O3S/c1-11(8-14-5-4-12(2)21-14)16-15(18)17-6-7-20-13(9-17)10-19-3/h4-5,11,13H,6-10H2,1-3H3,(H,16,18)/t11-,13-/m1/s1. The first-order valence-electron chi connectivity index (χ1n) is 7.29. The quantitative estimate of drug-likeness (QED) is 0.905. The molecule has 2 heterocycles. The summed E-state index contributed by atoms with van der Waals surface area (Å²) >= 11 is 1.78. The summed E-state index contributed by atoms with van der Waals surface area (Å²) in [5.41, 5.74) is 0. The molecule has 0 radical (unpaired) electrons. The smallest absolute Gasteiger partial charge is 0.317 e. The average Bonchev–Trinajstić information content (AvgIpc) is 2.84. The third kappa shape index (κ3) is 4.98. The second-order valence-electron chi connectivity index (χ2n) is 5.46. The zero-order valence-electron chi connectivity index (χ0n) is 12.9. The lowest BCUT2D eigenvalue weighted by molar-refractivity contribution is -0.0496. The number of carbonyl (C=O) groups excluding carboxylic acids is 1. The van der Waals surface area contributed by atoms with E-state index < -0.39 is 0 Å². The van der Waals surface area contributed by atoms with Gasteiger partial charge in [-0.2, -0.15) is 0 Å². The number of urea groups is 1. The first-order valence-corrected chi connectivity index (χ1v) is 8.11. The van der Waals surface area contributed by atoms with Crippen LogP contribution in [0.2, 0.25) is 0 Å². The molecule has 1 aliphatic heterocycles. The highest BCUT2D eigenvalue weighted by Crippen LogP contribution is 2.17. The summed E-state index contributed by atoms with van der Waals surface area (Å²) in [4.78, 5) is 16.7. The minimum absolute atomic E-state index is 0.0137. The molecular formula is C15H24N2O3S. The second-order valence-corrected chi connectivity index (χ2v) is 6.83. The minimum atomic E-state index is -0.0234. The number of hydrogen-bond acceptors (Lipinski definition) is 4. The molecule has 1 aromatic rings. The summed E-state index contributed by atoms with van der Waals surface area (Å²) in [6.45, 7) is 6.45. The molecular weight excluding hydrogens is 288 g/mol. The van der Waals surface area contributed by atoms with E-state index in [9.17, 15) is 4.79 Å². The van der Waals surface area contributed by atoms with E-state index in [1.807, 2.05) is 11.8 Å². The molecule has 1 fully saturated rings. The molecule has 0 aromatic carbocycles. The van der Waals surface area contributed by atoms with E-state index in [2.05, 4.69) is 24.4 Å². The molecule has 2 rings (SSSR count). The first kappa shape index (κ1) is 16.3. The zero-order chi connectivity index (χ0) is 15.2. The highest BCUT2D eigenvalue weighted by molar-refractivity contribution is 7.11. The highest BCUT2D eigenvalue weighted by Gasteiger charge is 2.24. The van der Waals surface area contributed by atoms with Gasteiger partial charge in [-0.3, -0.25) is 0 Å². The number of carbonyl (C=O) groups is 1. The van der Waals surface area contributed by atoms with Crippen molar-refractivity contribution in [3.8, 4) is 0 Å². The van der Waals surface area contributed by atoms with Crippen molar-refractivity contribution in [1.82, 2.24) is 10.2 Å². The number of ether oxygens (including phenoxy) is 2. The fourth-order valence-corrected chi connectivity index (χ4v) is 3.46. The van der Waals surface area contributed by atoms with Crippen molar-refractivity contribution in [3.63, 3.8) is 0 Å². The third-order valence-corrected chi connectivity index (χ3v) is 4.47. The summed E-state index contributed by atoms with van der Waals surface area (Å²) in [6.07, 6.45) is 0.848. The molecule has 1 N–H and O–H groups in total. The van der Waals surface area contributed by atoms with Crippen LogP contribution in [0.15, 0.2) is 12.1 Å². The normalized spacial score (nSPS) is 20.3. The number of amides is 2. The lowest BCUT2D eigenvalue weighted by Crippen LogP contribution is -2.52. The van der Waals surface area contributed by atoms with Gasteiger partial charge < -0.3 is 19.7 Å². The minimum Gasteiger partial charge on any atom is -0.382 e. The van der Waals surface area contributed by atoms with Crippen molar-refractivity contribution in [2.75, 3.05) is 33.4 Å². The Kier molecular flexibility index (Phi) is 6.02. The number of methoxy groups -OCH3 is 1. The van der Waals surface area contributed by atoms with Gasteiger partial charge in [-0.1, -0.05) is 0 Å². The molecule has 0 bridgehead atoms. The summed E-state index contributed by atoms with van der Waals surface area (Å²) in [7, 11) is 1.65. The van der Waals surface area contributed by atoms with Gasteiger partial charge in [0.1, 0.15) is 0 Å². The van der Waals surface area contributed by atoms with Crippen LogP contribution in [-0.2, 0) is 15.9 Å². The maximum atomic E-state index is 12.3. The van der Waals surface area contributed by atoms with E-state index in [0.717, 1.165) is 6.42 Å². The van der Waals surface area contributed by atoms with Crippen LogP contribution < -0.4 is 5.32 Å². The highest BCUT2D eigenvalue weighted by atomic mass is 32.1. The van der Waals surface area contributed by atoms with Crippen molar-refractivity contribution in [3.05, 3.63) is 21.9 Å². The molecule has 2 amide bonds. The number of thiophene rings is 1. The Morgan fingerprint density at radius 2 is 2.43 bits per heavy atom. The third-order valence-electron chi connectivity index (χ3n) is 3.45. The van der Waals surface area contributed by atoms with Crippen molar-refractivity contribution < 1.29 is 14.3 Å². The van der Waals surface area contributed by atoms with Gasteiger partial charge in [-0.25, -0.2) is 4.79 Å². The predicted molar refractivity (Wildman–Crippen MR) is 83.9 cm³/mol. The van der Waals surface area contributed by atoms with Gasteiger partial charge in [-0.15, -0.1) is 11.3 Å². The molecule has 0 spiro atoms. The Balaban J connectivity index is 1.80. The maximum Gasteiger partial charge on any atom is 0.317 e. The molecule has 2 atom stereocenters. The number of nitrogens with zero attached hydrogens (tertiary/aromatic N) is 1. The number of hydrogen-bond donors (Lipinski definition) is 1. The van der Waals surface area contributed by atoms with Gasteiger partial charge >= 0.3 is 6.03 Å². The Hall–Kier alpha value is -1.11. The Bertz CT molecular complexity index is 462. The topological polar surface area (TPSA) is 50.8 Å². The SMILES string of the molecule is COC[C@H]1CN(C(=O)N[C@H](C)Cc2ccc(C)s2)CCO1. The van der Waals surface area contributed by atoms with Crippen molar-refractivity contribution in [2.24, 2.45) is 0 Å². The van der Waals surface area contributed by atoms with Gasteiger partial charge in [0.15, 0.2) is 0 Å². The van der Waals surface area contributed by atoms with Crippen LogP contribution in [0, 0.1) is 6.92 Å². The first-order chi connectivity index (χ1) is 10.1. The lowest BCUT2D eigenvalue weighted by atomic mass is 10.2. The average molecular weight is 312 g/mol. The summed E-state index contributed by atoms with van der Waals surface area (Å²) in [6, 6.07) is 4.36. The van der Waals surface area contributed by atoms with Crippen LogP contribution in [0.4, 0.5) is 4.79 Å². The number of nitrogens with one attached hydrogen (secondary N) is 1. The van der Waals surface area contributed by atoms with Crippen LogP contribution in [0.3, 0.4) is 0 Å². The van der Waals surface area contributed by atoms with Crippen molar-refractivity contribution >= 4 is 17.4 Å². The number of rotatable bonds is 5. The van der Waals surface area contributed by atoms with Gasteiger partial charge in [0.2, 0.25) is 0 Å². The van der Waals surface area contributed by atoms with Crippen LogP contribution in [0.1, 0.15) is 16.7 Å². The van der Waals surface area contributed by atoms with E-state index in [4.69, 9.17) is 9.47 Å². The molecule has 0 saturated carbocycles. The molecule has 6 heteroatoms. The maximum absolute atomic E-state index is 12.3. The van der Waals surface area contributed by atoms with Crippen LogP contribution >= 0.6 is 11.3 Å². The van der Waals surface area contributed by atoms with Crippen molar-refractivity contribution in [1.29, 1.82) is 0 Å². The fourth-order valence-electron chi connectivity index (χ4n) is 2.44. The molecule has 1 aliphatic rings. The molecule has 21 heavy (non-hydrogen) atoms. The Morgan fingerprint density at radius 1 is 1.62 bits per heavy atom. The van der Waals surface area contributed by atoms with Crippen LogP contribution in [-0.4, -0.2) is 56.5 Å². The van der Waals surface area contributed by atoms with Gasteiger partial charge in [0.25, 0.3) is 0 Å². The predicted octanol–water partition coefficient (Wildman–Crippen LogP) is 2.04. The van der Waals surface area contributed by atoms with Gasteiger partial charge in [-0.05, 0) is 26.0 Å². The molecule has 5 nitrogen and oxygen atoms in total. The van der Waals surface area contributed by atoms with Gasteiger partial charge in [0.05, 0.1) is 25.9 Å². The lowest BCUT2D eigenvalue weighted by Gasteiger charge is -2.33. The monoisotopic (exact) mass is 312 g/mol. The van der Waals surface area contributed by atoms with Crippen LogP contribution in [0.25, 0.3) is 0 Å². The Morgan fingerprint density at radius 3 is 3.10 bits per heavy atom. The number of aryl methyl sites for hydroxylation is 1. The zero-order valence-corrected chi connectivity index (χ0v) is 13.7. The van der Waals surface area contributed by atoms with E-state index >= 15 is 0 Å². The largest absolute Gasteiger partial charge is 0.382 e. The van der Waals surface area contributed by atoms with E-state index in [0.29, 0.717) is 26.3 Å². The Labute approximate surface area is 130 Å². The van der Waals surface area contributed by atoms with E-state index in [1.54, 1.807) is 18.4 Å². The van der Waals surface area contributed by atoms with Gasteiger partial charge in [0, 0.05) is 35.9 Å². The van der Waals surface area contributed by atoms with Crippen LogP contribution in [0.5, 0.6) is 0 Å². The second kappa shape index (κ2) is 7.77. The van der Waals surface area contributed by atoms with Crippen molar-refractivity contribution in [2.45, 2.75) is 32.4 Å². The molecule has 118 valence electrons. The number of morpholine rings is 1. The molecule has 1 aromatic heterocycles. The van der Waals surface area contributed by atoms with E-state index in [-0.39, 0.29) is 18.2 Å². The summed E-state index contributed by atoms with van der Waals surface area (Å²) < 4.78 is 10.6. The molecule has 0 aliphatic carbocycles. The molecule has 0 unspecified atom stereocenters. The fraction of sp³-hybridized carbons (Fsp3) is 0.667.